The SMILES string of the molecule is CC(C)(C)OC(=O)N(C=S(=O)=O)C1([C@](C)(N[S@](=O)C(C)(C)C)c2cc([N+](=O)[O-])ccc2F)CC1. The van der Waals surface area contributed by atoms with E-state index in [0.29, 0.717) is 5.49 Å². The van der Waals surface area contributed by atoms with Crippen molar-refractivity contribution in [2.75, 3.05) is 0 Å². The lowest BCUT2D eigenvalue weighted by Gasteiger charge is -2.44. The summed E-state index contributed by atoms with van der Waals surface area (Å²) in [6, 6.07) is 2.91. The molecule has 0 saturated heterocycles. The van der Waals surface area contributed by atoms with Crippen LogP contribution < -0.4 is 4.72 Å². The van der Waals surface area contributed by atoms with Crippen LogP contribution in [0.3, 0.4) is 0 Å². The fraction of sp³-hybridized carbons (Fsp3) is 0.619. The van der Waals surface area contributed by atoms with E-state index < -0.39 is 65.2 Å². The third-order valence-corrected chi connectivity index (χ3v) is 7.54. The molecule has 1 aliphatic rings. The Morgan fingerprint density at radius 3 is 2.15 bits per heavy atom. The summed E-state index contributed by atoms with van der Waals surface area (Å²) < 4.78 is 59.1. The minimum Gasteiger partial charge on any atom is -0.443 e. The molecule has 0 spiro atoms. The summed E-state index contributed by atoms with van der Waals surface area (Å²) in [4.78, 5) is 24.7. The summed E-state index contributed by atoms with van der Waals surface area (Å²) >= 11 is 0. The molecule has 0 bridgehead atoms. The third-order valence-electron chi connectivity index (χ3n) is 5.45. The summed E-state index contributed by atoms with van der Waals surface area (Å²) in [5, 5.41) is 11.4. The lowest BCUT2D eigenvalue weighted by atomic mass is 9.81. The molecule has 0 aliphatic heterocycles. The van der Waals surface area contributed by atoms with E-state index in [2.05, 4.69) is 4.72 Å². The number of non-ortho nitro benzene ring substituents is 1. The predicted octanol–water partition coefficient (Wildman–Crippen LogP) is 3.41. The van der Waals surface area contributed by atoms with Crippen LogP contribution in [0.4, 0.5) is 14.9 Å². The zero-order valence-corrected chi connectivity index (χ0v) is 21.8. The van der Waals surface area contributed by atoms with Crippen molar-refractivity contribution in [1.29, 1.82) is 0 Å². The molecule has 10 nitrogen and oxygen atoms in total. The lowest BCUT2D eigenvalue weighted by Crippen LogP contribution is -2.62. The highest BCUT2D eigenvalue weighted by Crippen LogP contribution is 2.55. The van der Waals surface area contributed by atoms with Crippen molar-refractivity contribution in [2.24, 2.45) is 0 Å². The van der Waals surface area contributed by atoms with E-state index in [9.17, 15) is 27.5 Å². The van der Waals surface area contributed by atoms with Gasteiger partial charge in [0.15, 0.2) is 0 Å². The van der Waals surface area contributed by atoms with Crippen LogP contribution in [-0.4, -0.2) is 49.9 Å². The van der Waals surface area contributed by atoms with Crippen LogP contribution in [0.15, 0.2) is 18.2 Å². The molecule has 0 heterocycles. The Labute approximate surface area is 202 Å². The van der Waals surface area contributed by atoms with Crippen molar-refractivity contribution in [3.8, 4) is 0 Å². The average molecular weight is 520 g/mol. The third kappa shape index (κ3) is 5.81. The zero-order valence-electron chi connectivity index (χ0n) is 20.2. The molecule has 34 heavy (non-hydrogen) atoms. The van der Waals surface area contributed by atoms with Crippen LogP contribution in [0.5, 0.6) is 0 Å². The molecule has 1 amide bonds. The van der Waals surface area contributed by atoms with E-state index in [1.54, 1.807) is 41.5 Å². The molecule has 1 aromatic rings. The quantitative estimate of drug-likeness (QED) is 0.331. The summed E-state index contributed by atoms with van der Waals surface area (Å²) in [5.74, 6) is -0.842. The van der Waals surface area contributed by atoms with Gasteiger partial charge in [0.25, 0.3) is 5.69 Å². The van der Waals surface area contributed by atoms with E-state index >= 15 is 4.39 Å². The molecule has 1 fully saturated rings. The second-order valence-corrected chi connectivity index (χ2v) is 13.0. The van der Waals surface area contributed by atoms with Gasteiger partial charge in [0.2, 0.25) is 10.3 Å². The van der Waals surface area contributed by atoms with Crippen LogP contribution in [-0.2, 0) is 31.6 Å². The molecular weight excluding hydrogens is 489 g/mol. The number of rotatable bonds is 7. The summed E-state index contributed by atoms with van der Waals surface area (Å²) in [5.41, 5.74) is -4.12. The maximum atomic E-state index is 15.2. The van der Waals surface area contributed by atoms with Gasteiger partial charge in [-0.25, -0.2) is 18.1 Å². The van der Waals surface area contributed by atoms with Gasteiger partial charge in [0.1, 0.15) is 16.9 Å². The number of amides is 1. The van der Waals surface area contributed by atoms with Gasteiger partial charge in [-0.1, -0.05) is 0 Å². The first-order valence-electron chi connectivity index (χ1n) is 10.4. The van der Waals surface area contributed by atoms with Crippen molar-refractivity contribution in [3.63, 3.8) is 0 Å². The summed E-state index contributed by atoms with van der Waals surface area (Å²) in [7, 11) is -4.68. The normalized spacial score (nSPS) is 17.8. The van der Waals surface area contributed by atoms with Gasteiger partial charge in [-0.2, -0.15) is 8.42 Å². The Morgan fingerprint density at radius 1 is 1.18 bits per heavy atom. The number of halogens is 1. The molecule has 2 rings (SSSR count). The predicted molar refractivity (Wildman–Crippen MR) is 126 cm³/mol. The fourth-order valence-corrected chi connectivity index (χ4v) is 5.00. The molecule has 190 valence electrons. The number of hydrogen-bond acceptors (Lipinski definition) is 7. The second kappa shape index (κ2) is 9.34. The van der Waals surface area contributed by atoms with Crippen LogP contribution in [0.2, 0.25) is 0 Å². The number of hydrogen-bond donors (Lipinski definition) is 1. The number of carbonyl (C=O) groups is 1. The van der Waals surface area contributed by atoms with Crippen molar-refractivity contribution >= 4 is 38.6 Å². The number of nitrogens with zero attached hydrogens (tertiary/aromatic N) is 2. The number of nitro benzene ring substituents is 1. The minimum absolute atomic E-state index is 0.187. The van der Waals surface area contributed by atoms with Gasteiger partial charge in [0, 0.05) is 17.7 Å². The zero-order chi connectivity index (χ0) is 26.3. The smallest absolute Gasteiger partial charge is 0.415 e. The molecular formula is C21H30FN3O7S2. The highest BCUT2D eigenvalue weighted by Gasteiger charge is 2.65. The van der Waals surface area contributed by atoms with Gasteiger partial charge in [-0.15, -0.1) is 0 Å². The van der Waals surface area contributed by atoms with E-state index in [1.807, 2.05) is 0 Å². The van der Waals surface area contributed by atoms with Crippen molar-refractivity contribution < 1.29 is 31.5 Å². The average Bonchev–Trinajstić information content (AvgIpc) is 3.45. The van der Waals surface area contributed by atoms with Crippen LogP contribution >= 0.6 is 0 Å². The van der Waals surface area contributed by atoms with Gasteiger partial charge >= 0.3 is 6.09 Å². The van der Waals surface area contributed by atoms with Crippen LogP contribution in [0, 0.1) is 15.9 Å². The monoisotopic (exact) mass is 519 g/mol. The molecule has 0 aromatic heterocycles. The molecule has 0 unspecified atom stereocenters. The molecule has 13 heteroatoms. The Balaban J connectivity index is 2.81. The minimum atomic E-state index is -2.84. The maximum Gasteiger partial charge on any atom is 0.415 e. The lowest BCUT2D eigenvalue weighted by molar-refractivity contribution is -0.385. The molecule has 1 N–H and O–H groups in total. The Hall–Kier alpha value is -2.38. The fourth-order valence-electron chi connectivity index (χ4n) is 3.57. The molecule has 1 aromatic carbocycles. The Kier molecular flexibility index (Phi) is 7.66. The standard InChI is InChI=1S/C21H30FN3O7S2/c1-18(2,3)32-17(26)24(13-33(29)30)21(10-11-21)20(7,23-34(31)19(4,5)6)15-12-14(25(27)28)8-9-16(15)22/h8-9,12-13,23H,10-11H2,1-7H3/t20-,34-/m1/s1. The maximum absolute atomic E-state index is 15.2. The Bertz CT molecular complexity index is 1140. The number of nitro groups is 1. The van der Waals surface area contributed by atoms with Crippen molar-refractivity contribution in [3.05, 3.63) is 39.7 Å². The van der Waals surface area contributed by atoms with E-state index in [1.165, 1.54) is 6.92 Å². The van der Waals surface area contributed by atoms with Crippen LogP contribution in [0.25, 0.3) is 0 Å². The Morgan fingerprint density at radius 2 is 1.74 bits per heavy atom. The van der Waals surface area contributed by atoms with Crippen molar-refractivity contribution in [1.82, 2.24) is 9.62 Å². The van der Waals surface area contributed by atoms with Gasteiger partial charge in [0.05, 0.1) is 31.7 Å². The molecule has 1 aliphatic carbocycles. The van der Waals surface area contributed by atoms with Gasteiger partial charge < -0.3 is 4.74 Å². The summed E-state index contributed by atoms with van der Waals surface area (Å²) in [6.07, 6.45) is -0.630. The van der Waals surface area contributed by atoms with Gasteiger partial charge in [-0.3, -0.25) is 15.0 Å². The molecule has 2 atom stereocenters. The molecule has 0 radical (unpaired) electrons. The first kappa shape index (κ1) is 27.9. The highest BCUT2D eigenvalue weighted by molar-refractivity contribution is 7.84. The van der Waals surface area contributed by atoms with Crippen molar-refractivity contribution in [2.45, 2.75) is 82.7 Å². The van der Waals surface area contributed by atoms with Crippen LogP contribution in [0.1, 0.15) is 66.9 Å². The van der Waals surface area contributed by atoms with E-state index in [4.69, 9.17) is 4.74 Å². The van der Waals surface area contributed by atoms with Gasteiger partial charge in [-0.05, 0) is 67.4 Å². The second-order valence-electron chi connectivity index (χ2n) is 10.3. The first-order chi connectivity index (χ1) is 15.3. The highest BCUT2D eigenvalue weighted by atomic mass is 32.2. The summed E-state index contributed by atoms with van der Waals surface area (Å²) in [6.45, 7) is 11.3. The number of nitrogens with one attached hydrogen (secondary N) is 1. The van der Waals surface area contributed by atoms with E-state index in [0.717, 1.165) is 23.1 Å². The number of carbonyl (C=O) groups excluding carboxylic acids is 1. The largest absolute Gasteiger partial charge is 0.443 e. The first-order valence-corrected chi connectivity index (χ1v) is 12.7. The molecule has 1 saturated carbocycles. The topological polar surface area (TPSA) is 136 Å². The number of ether oxygens (including phenoxy) is 1. The van der Waals surface area contributed by atoms with E-state index in [-0.39, 0.29) is 18.4 Å². The number of benzene rings is 1.